The van der Waals surface area contributed by atoms with E-state index in [0.29, 0.717) is 25.9 Å². The summed E-state index contributed by atoms with van der Waals surface area (Å²) in [6, 6.07) is -0.804. The molecule has 3 heterocycles. The zero-order valence-electron chi connectivity index (χ0n) is 19.6. The van der Waals surface area contributed by atoms with Crippen LogP contribution < -0.4 is 0 Å². The maximum absolute atomic E-state index is 13.9. The Kier molecular flexibility index (Phi) is 7.98. The van der Waals surface area contributed by atoms with Gasteiger partial charge in [0.15, 0.2) is 0 Å². The maximum atomic E-state index is 13.9. The molecule has 0 aromatic carbocycles. The Morgan fingerprint density at radius 2 is 2.06 bits per heavy atom. The number of ether oxygens (including phenoxy) is 2. The van der Waals surface area contributed by atoms with Gasteiger partial charge in [-0.2, -0.15) is 0 Å². The number of nitrogens with zero attached hydrogens (tertiary/aromatic N) is 2. The lowest BCUT2D eigenvalue weighted by molar-refractivity contribution is -0.155. The van der Waals surface area contributed by atoms with Crippen LogP contribution in [0.5, 0.6) is 0 Å². The summed E-state index contributed by atoms with van der Waals surface area (Å²) in [5, 5.41) is 9.02. The first kappa shape index (κ1) is 24.7. The highest BCUT2D eigenvalue weighted by molar-refractivity contribution is 5.98. The molecule has 3 fully saturated rings. The van der Waals surface area contributed by atoms with E-state index in [4.69, 9.17) is 14.6 Å². The first-order valence-corrected chi connectivity index (χ1v) is 12.0. The first-order valence-electron chi connectivity index (χ1n) is 12.0. The third-order valence-electron chi connectivity index (χ3n) is 7.13. The zero-order chi connectivity index (χ0) is 23.5. The van der Waals surface area contributed by atoms with Crippen LogP contribution in [-0.4, -0.2) is 82.8 Å². The fraction of sp³-hybridized carbons (Fsp3) is 0.792. The molecule has 1 spiro atoms. The van der Waals surface area contributed by atoms with Gasteiger partial charge in [0.2, 0.25) is 11.8 Å². The van der Waals surface area contributed by atoms with Crippen molar-refractivity contribution in [2.45, 2.75) is 83.1 Å². The van der Waals surface area contributed by atoms with Crippen LogP contribution in [0.4, 0.5) is 0 Å². The van der Waals surface area contributed by atoms with Gasteiger partial charge in [0, 0.05) is 25.7 Å². The third-order valence-corrected chi connectivity index (χ3v) is 7.13. The molecule has 8 nitrogen and oxygen atoms in total. The summed E-state index contributed by atoms with van der Waals surface area (Å²) in [7, 11) is 0. The number of likely N-dealkylation sites (tertiary alicyclic amines) is 1. The monoisotopic (exact) mass is 450 g/mol. The van der Waals surface area contributed by atoms with E-state index in [1.165, 1.54) is 0 Å². The second-order valence-electron chi connectivity index (χ2n) is 9.35. The average molecular weight is 451 g/mol. The Morgan fingerprint density at radius 1 is 1.34 bits per heavy atom. The van der Waals surface area contributed by atoms with Crippen molar-refractivity contribution in [3.63, 3.8) is 0 Å². The van der Waals surface area contributed by atoms with Gasteiger partial charge in [-0.3, -0.25) is 14.4 Å². The number of carbonyl (C=O) groups excluding carboxylic acids is 3. The predicted octanol–water partition coefficient (Wildman–Crippen LogP) is 1.90. The standard InChI is InChI=1S/C24H38N2O6/c1-5-13-25(16(3)4)22(29)20-24-12-11-17(32-24)18(23(30)31-6-2)19(24)21(28)26(20)14-9-7-8-10-15-27/h5,16-20,27H,1,6-15H2,2-4H3/t17-,18+,19+,20-,24+/m1/s1. The molecule has 180 valence electrons. The summed E-state index contributed by atoms with van der Waals surface area (Å²) in [6.45, 7) is 10.6. The second-order valence-corrected chi connectivity index (χ2v) is 9.35. The predicted molar refractivity (Wildman–Crippen MR) is 119 cm³/mol. The molecule has 3 rings (SSSR count). The number of fused-ring (bicyclic) bond motifs is 1. The highest BCUT2D eigenvalue weighted by atomic mass is 16.6. The second kappa shape index (κ2) is 10.3. The van der Waals surface area contributed by atoms with E-state index in [1.54, 1.807) is 22.8 Å². The van der Waals surface area contributed by atoms with Gasteiger partial charge in [0.25, 0.3) is 0 Å². The van der Waals surface area contributed by atoms with Gasteiger partial charge in [-0.15, -0.1) is 6.58 Å². The number of carbonyl (C=O) groups is 3. The first-order chi connectivity index (χ1) is 15.3. The maximum Gasteiger partial charge on any atom is 0.312 e. The summed E-state index contributed by atoms with van der Waals surface area (Å²) in [5.74, 6) is -2.05. The van der Waals surface area contributed by atoms with Crippen molar-refractivity contribution in [3.05, 3.63) is 12.7 Å². The molecule has 5 atom stereocenters. The number of unbranched alkanes of at least 4 members (excludes halogenated alkanes) is 3. The lowest BCUT2D eigenvalue weighted by Crippen LogP contribution is -2.57. The van der Waals surface area contributed by atoms with Crippen LogP contribution in [0.3, 0.4) is 0 Å². The Morgan fingerprint density at radius 3 is 2.69 bits per heavy atom. The number of rotatable bonds is 12. The quantitative estimate of drug-likeness (QED) is 0.277. The van der Waals surface area contributed by atoms with Gasteiger partial charge in [0.1, 0.15) is 11.6 Å². The SMILES string of the molecule is C=CCN(C(=O)[C@H]1N(CCCCCCO)C(=O)[C@@H]2[C@@H](C(=O)OCC)[C@H]3CC[C@]21O3)C(C)C. The topological polar surface area (TPSA) is 96.4 Å². The molecule has 2 bridgehead atoms. The lowest BCUT2D eigenvalue weighted by atomic mass is 9.70. The number of hydrogen-bond donors (Lipinski definition) is 1. The normalized spacial score (nSPS) is 30.7. The van der Waals surface area contributed by atoms with Crippen molar-refractivity contribution < 1.29 is 29.0 Å². The van der Waals surface area contributed by atoms with Crippen LogP contribution in [0.1, 0.15) is 59.3 Å². The van der Waals surface area contributed by atoms with E-state index in [-0.39, 0.29) is 37.2 Å². The highest BCUT2D eigenvalue weighted by Gasteiger charge is 2.75. The molecule has 8 heteroatoms. The third kappa shape index (κ3) is 4.19. The zero-order valence-corrected chi connectivity index (χ0v) is 19.6. The van der Waals surface area contributed by atoms with E-state index in [2.05, 4.69) is 6.58 Å². The fourth-order valence-electron chi connectivity index (χ4n) is 5.78. The molecular weight excluding hydrogens is 412 g/mol. The van der Waals surface area contributed by atoms with Gasteiger partial charge in [-0.1, -0.05) is 18.9 Å². The van der Waals surface area contributed by atoms with Crippen molar-refractivity contribution in [1.29, 1.82) is 0 Å². The van der Waals surface area contributed by atoms with E-state index < -0.39 is 29.4 Å². The minimum Gasteiger partial charge on any atom is -0.466 e. The van der Waals surface area contributed by atoms with Crippen molar-refractivity contribution in [3.8, 4) is 0 Å². The van der Waals surface area contributed by atoms with Crippen LogP contribution in [0, 0.1) is 11.8 Å². The molecule has 3 saturated heterocycles. The van der Waals surface area contributed by atoms with Gasteiger partial charge in [0.05, 0.1) is 24.5 Å². The number of amides is 2. The Balaban J connectivity index is 1.93. The molecule has 3 aliphatic rings. The number of hydrogen-bond acceptors (Lipinski definition) is 6. The molecule has 1 N–H and O–H groups in total. The molecule has 3 aliphatic heterocycles. The van der Waals surface area contributed by atoms with Crippen molar-refractivity contribution in [2.75, 3.05) is 26.3 Å². The van der Waals surface area contributed by atoms with Gasteiger partial charge < -0.3 is 24.4 Å². The van der Waals surface area contributed by atoms with Crippen molar-refractivity contribution >= 4 is 17.8 Å². The smallest absolute Gasteiger partial charge is 0.312 e. The summed E-state index contributed by atoms with van der Waals surface area (Å²) in [4.78, 5) is 43.7. The molecule has 2 amide bonds. The summed E-state index contributed by atoms with van der Waals surface area (Å²) in [5.41, 5.74) is -0.977. The number of aliphatic hydroxyl groups is 1. The summed E-state index contributed by atoms with van der Waals surface area (Å²) < 4.78 is 11.7. The van der Waals surface area contributed by atoms with Crippen LogP contribution in [0.2, 0.25) is 0 Å². The molecule has 0 aromatic heterocycles. The van der Waals surface area contributed by atoms with Crippen LogP contribution in [0.25, 0.3) is 0 Å². The molecule has 0 unspecified atom stereocenters. The highest BCUT2D eigenvalue weighted by Crippen LogP contribution is 2.58. The number of aliphatic hydroxyl groups excluding tert-OH is 1. The minimum absolute atomic E-state index is 0.0584. The van der Waals surface area contributed by atoms with Crippen LogP contribution >= 0.6 is 0 Å². The minimum atomic E-state index is -0.977. The van der Waals surface area contributed by atoms with Crippen molar-refractivity contribution in [2.24, 2.45) is 11.8 Å². The Bertz CT molecular complexity index is 725. The van der Waals surface area contributed by atoms with E-state index >= 15 is 0 Å². The van der Waals surface area contributed by atoms with E-state index in [1.807, 2.05) is 13.8 Å². The average Bonchev–Trinajstić information content (AvgIpc) is 3.39. The van der Waals surface area contributed by atoms with Crippen LogP contribution in [-0.2, 0) is 23.9 Å². The van der Waals surface area contributed by atoms with E-state index in [0.717, 1.165) is 25.7 Å². The lowest BCUT2D eigenvalue weighted by Gasteiger charge is -2.38. The molecule has 0 saturated carbocycles. The molecule has 32 heavy (non-hydrogen) atoms. The van der Waals surface area contributed by atoms with Gasteiger partial charge >= 0.3 is 5.97 Å². The Labute approximate surface area is 190 Å². The van der Waals surface area contributed by atoms with Crippen molar-refractivity contribution in [1.82, 2.24) is 9.80 Å². The molecule has 0 radical (unpaired) electrons. The largest absolute Gasteiger partial charge is 0.466 e. The fourth-order valence-corrected chi connectivity index (χ4v) is 5.78. The molecule has 0 aromatic rings. The van der Waals surface area contributed by atoms with Gasteiger partial charge in [-0.05, 0) is 46.5 Å². The van der Waals surface area contributed by atoms with Gasteiger partial charge in [-0.25, -0.2) is 0 Å². The molecular formula is C24H38N2O6. The Hall–Kier alpha value is -1.93. The van der Waals surface area contributed by atoms with E-state index in [9.17, 15) is 14.4 Å². The number of esters is 1. The molecule has 0 aliphatic carbocycles. The summed E-state index contributed by atoms with van der Waals surface area (Å²) in [6.07, 6.45) is 5.72. The summed E-state index contributed by atoms with van der Waals surface area (Å²) >= 11 is 0. The van der Waals surface area contributed by atoms with Crippen LogP contribution in [0.15, 0.2) is 12.7 Å².